The summed E-state index contributed by atoms with van der Waals surface area (Å²) in [4.78, 5) is 0. The lowest BCUT2D eigenvalue weighted by atomic mass is 9.76. The monoisotopic (exact) mass is 429 g/mol. The van der Waals surface area contributed by atoms with Crippen LogP contribution in [0.15, 0.2) is 11.6 Å². The summed E-state index contributed by atoms with van der Waals surface area (Å²) in [5.41, 5.74) is 1.43. The maximum absolute atomic E-state index is 9.61. The zero-order valence-corrected chi connectivity index (χ0v) is 17.1. The summed E-state index contributed by atoms with van der Waals surface area (Å²) < 4.78 is 11.8. The summed E-state index contributed by atoms with van der Waals surface area (Å²) in [6.45, 7) is 2.12. The molecule has 0 radical (unpaired) electrons. The van der Waals surface area contributed by atoms with Gasteiger partial charge in [-0.1, -0.05) is 11.6 Å². The Morgan fingerprint density at radius 2 is 2.00 bits per heavy atom. The summed E-state index contributed by atoms with van der Waals surface area (Å²) in [7, 11) is 0. The molecule has 0 aromatic heterocycles. The molecule has 30 heavy (non-hydrogen) atoms. The van der Waals surface area contributed by atoms with Crippen molar-refractivity contribution in [3.63, 3.8) is 0 Å². The Bertz CT molecular complexity index is 602. The minimum atomic E-state index is -2.99. The number of nitrogens with one attached hydrogen (secondary N) is 5. The lowest BCUT2D eigenvalue weighted by Crippen LogP contribution is -2.71. The van der Waals surface area contributed by atoms with E-state index < -0.39 is 12.3 Å². The van der Waals surface area contributed by atoms with E-state index in [-0.39, 0.29) is 43.1 Å². The summed E-state index contributed by atoms with van der Waals surface area (Å²) in [6.07, 6.45) is 2.68. The summed E-state index contributed by atoms with van der Waals surface area (Å²) >= 11 is 0. The maximum atomic E-state index is 9.61. The first-order valence-electron chi connectivity index (χ1n) is 10.9. The van der Waals surface area contributed by atoms with E-state index in [1.807, 2.05) is 0 Å². The third-order valence-corrected chi connectivity index (χ3v) is 6.45. The van der Waals surface area contributed by atoms with Crippen LogP contribution in [0.1, 0.15) is 32.1 Å². The van der Waals surface area contributed by atoms with Crippen LogP contribution in [0.4, 0.5) is 0 Å². The quantitative estimate of drug-likeness (QED) is 0.158. The average molecular weight is 430 g/mol. The van der Waals surface area contributed by atoms with Gasteiger partial charge in [0.15, 0.2) is 0 Å². The first-order valence-corrected chi connectivity index (χ1v) is 10.9. The predicted octanol–water partition coefficient (Wildman–Crippen LogP) is -2.86. The molecular weight excluding hydrogens is 394 g/mol. The zero-order chi connectivity index (χ0) is 21.1. The molecule has 0 aromatic rings. The van der Waals surface area contributed by atoms with E-state index in [4.69, 9.17) is 9.47 Å². The number of ether oxygens (including phenoxy) is 2. The van der Waals surface area contributed by atoms with Gasteiger partial charge in [0.1, 0.15) is 13.1 Å². The lowest BCUT2D eigenvalue weighted by Gasteiger charge is -2.43. The SMILES string of the molecule is OCC1CC(NC(O)(O)O)NC(NC2CC3OCOC3C(C3=CCNCCC3)C2)N1. The Morgan fingerprint density at radius 1 is 1.13 bits per heavy atom. The highest BCUT2D eigenvalue weighted by Gasteiger charge is 2.44. The molecule has 0 aromatic carbocycles. The van der Waals surface area contributed by atoms with E-state index in [2.05, 4.69) is 32.7 Å². The molecule has 0 amide bonds. The van der Waals surface area contributed by atoms with Gasteiger partial charge in [-0.2, -0.15) is 0 Å². The molecule has 7 atom stereocenters. The first-order chi connectivity index (χ1) is 14.4. The predicted molar refractivity (Wildman–Crippen MR) is 106 cm³/mol. The molecule has 11 nitrogen and oxygen atoms in total. The van der Waals surface area contributed by atoms with Crippen molar-refractivity contribution in [2.24, 2.45) is 5.92 Å². The van der Waals surface area contributed by atoms with Crippen molar-refractivity contribution in [2.45, 2.75) is 74.9 Å². The van der Waals surface area contributed by atoms with Gasteiger partial charge in [0.2, 0.25) is 0 Å². The van der Waals surface area contributed by atoms with Gasteiger partial charge < -0.3 is 35.2 Å². The van der Waals surface area contributed by atoms with Crippen molar-refractivity contribution in [1.82, 2.24) is 26.6 Å². The molecule has 1 saturated carbocycles. The minimum Gasteiger partial charge on any atom is -0.395 e. The number of fused-ring (bicyclic) bond motifs is 1. The van der Waals surface area contributed by atoms with Gasteiger partial charge in [0.05, 0.1) is 25.0 Å². The van der Waals surface area contributed by atoms with E-state index in [1.165, 1.54) is 5.57 Å². The Kier molecular flexibility index (Phi) is 7.38. The van der Waals surface area contributed by atoms with Gasteiger partial charge in [-0.15, -0.1) is 0 Å². The third-order valence-electron chi connectivity index (χ3n) is 6.45. The molecule has 11 heteroatoms. The molecule has 172 valence electrons. The largest absolute Gasteiger partial charge is 0.395 e. The molecule has 2 saturated heterocycles. The highest BCUT2D eigenvalue weighted by molar-refractivity contribution is 5.15. The van der Waals surface area contributed by atoms with Crippen molar-refractivity contribution in [2.75, 3.05) is 26.5 Å². The summed E-state index contributed by atoms with van der Waals surface area (Å²) in [5, 5.41) is 53.1. The Hall–Kier alpha value is -0.700. The second kappa shape index (κ2) is 9.84. The second-order valence-corrected chi connectivity index (χ2v) is 8.70. The van der Waals surface area contributed by atoms with Crippen molar-refractivity contribution < 1.29 is 29.9 Å². The normalized spacial score (nSPS) is 40.5. The van der Waals surface area contributed by atoms with Gasteiger partial charge in [-0.25, -0.2) is 5.32 Å². The molecule has 9 N–H and O–H groups in total. The Morgan fingerprint density at radius 3 is 2.80 bits per heavy atom. The molecular formula is C19H35N5O6. The fourth-order valence-electron chi connectivity index (χ4n) is 5.16. The van der Waals surface area contributed by atoms with E-state index in [0.717, 1.165) is 38.8 Å². The number of hydrogen-bond acceptors (Lipinski definition) is 11. The number of rotatable bonds is 6. The van der Waals surface area contributed by atoms with Crippen LogP contribution in [0.5, 0.6) is 0 Å². The van der Waals surface area contributed by atoms with Gasteiger partial charge in [0, 0.05) is 24.5 Å². The highest BCUT2D eigenvalue weighted by atomic mass is 16.7. The van der Waals surface area contributed by atoms with E-state index in [1.54, 1.807) is 0 Å². The molecule has 3 fully saturated rings. The molecule has 0 spiro atoms. The summed E-state index contributed by atoms with van der Waals surface area (Å²) in [5.74, 6) is 0.287. The molecule has 0 bridgehead atoms. The molecule has 1 aliphatic carbocycles. The van der Waals surface area contributed by atoms with Crippen LogP contribution in [0.3, 0.4) is 0 Å². The fourth-order valence-corrected chi connectivity index (χ4v) is 5.16. The molecule has 3 aliphatic heterocycles. The Labute approximate surface area is 176 Å². The lowest BCUT2D eigenvalue weighted by molar-refractivity contribution is -0.337. The first kappa shape index (κ1) is 22.5. The van der Waals surface area contributed by atoms with Crippen LogP contribution in [-0.4, -0.2) is 89.8 Å². The number of aliphatic hydroxyl groups is 4. The van der Waals surface area contributed by atoms with Crippen molar-refractivity contribution in [3.05, 3.63) is 11.6 Å². The van der Waals surface area contributed by atoms with Crippen LogP contribution >= 0.6 is 0 Å². The number of aliphatic hydroxyl groups excluding tert-OH is 1. The minimum absolute atomic E-state index is 0.0319. The highest BCUT2D eigenvalue weighted by Crippen LogP contribution is 2.39. The number of hydrogen-bond donors (Lipinski definition) is 9. The topological polar surface area (TPSA) is 160 Å². The Balaban J connectivity index is 1.42. The zero-order valence-electron chi connectivity index (χ0n) is 17.1. The van der Waals surface area contributed by atoms with Gasteiger partial charge >= 0.3 is 6.10 Å². The van der Waals surface area contributed by atoms with Crippen LogP contribution in [-0.2, 0) is 9.47 Å². The van der Waals surface area contributed by atoms with Crippen molar-refractivity contribution in [1.29, 1.82) is 0 Å². The summed E-state index contributed by atoms with van der Waals surface area (Å²) in [6, 6.07) is -0.127. The molecule has 3 heterocycles. The van der Waals surface area contributed by atoms with Crippen LogP contribution in [0.2, 0.25) is 0 Å². The molecule has 4 rings (SSSR count). The van der Waals surface area contributed by atoms with Gasteiger partial charge in [0.25, 0.3) is 0 Å². The molecule has 4 aliphatic rings. The molecule has 7 unspecified atom stereocenters. The van der Waals surface area contributed by atoms with E-state index >= 15 is 0 Å². The smallest absolute Gasteiger partial charge is 0.344 e. The van der Waals surface area contributed by atoms with Crippen molar-refractivity contribution in [3.8, 4) is 0 Å². The van der Waals surface area contributed by atoms with E-state index in [0.29, 0.717) is 13.2 Å². The van der Waals surface area contributed by atoms with Crippen LogP contribution in [0.25, 0.3) is 0 Å². The maximum Gasteiger partial charge on any atom is 0.344 e. The third kappa shape index (κ3) is 5.75. The standard InChI is InChI=1S/C19H35N5O6/c25-9-13-8-16(24-19(26,27)28)23-18(22-13)21-12-6-14(11-2-1-4-20-5-3-11)17-15(7-12)29-10-30-17/h3,12-18,20-28H,1-2,4-10H2. The van der Waals surface area contributed by atoms with Gasteiger partial charge in [-0.3, -0.25) is 16.0 Å². The van der Waals surface area contributed by atoms with Crippen LogP contribution < -0.4 is 26.6 Å². The van der Waals surface area contributed by atoms with Gasteiger partial charge in [-0.05, 0) is 38.6 Å². The average Bonchev–Trinajstić information content (AvgIpc) is 2.99. The van der Waals surface area contributed by atoms with Crippen LogP contribution in [0, 0.1) is 5.92 Å². The van der Waals surface area contributed by atoms with Crippen molar-refractivity contribution >= 4 is 0 Å². The fraction of sp³-hybridized carbons (Fsp3) is 0.895. The van der Waals surface area contributed by atoms with E-state index in [9.17, 15) is 20.4 Å². The second-order valence-electron chi connectivity index (χ2n) is 8.70.